The van der Waals surface area contributed by atoms with Gasteiger partial charge in [-0.05, 0) is 30.7 Å². The number of nitrogens with one attached hydrogen (secondary N) is 1. The molecule has 0 unspecified atom stereocenters. The third-order valence-electron chi connectivity index (χ3n) is 2.82. The van der Waals surface area contributed by atoms with Crippen LogP contribution >= 0.6 is 34.7 Å². The van der Waals surface area contributed by atoms with Crippen LogP contribution in [0.3, 0.4) is 0 Å². The van der Waals surface area contributed by atoms with Gasteiger partial charge in [-0.3, -0.25) is 9.59 Å². The first-order valence-electron chi connectivity index (χ1n) is 7.28. The maximum atomic E-state index is 11.9. The first kappa shape index (κ1) is 19.5. The second-order valence-electron chi connectivity index (χ2n) is 4.69. The normalized spacial score (nSPS) is 10.3. The summed E-state index contributed by atoms with van der Waals surface area (Å²) in [6.45, 7) is 0.422. The highest BCUT2D eigenvalue weighted by Crippen LogP contribution is 2.25. The lowest BCUT2D eigenvalue weighted by Gasteiger charge is -2.05. The average molecular weight is 402 g/mol. The molecular weight excluding hydrogens is 386 g/mol. The summed E-state index contributed by atoms with van der Waals surface area (Å²) in [7, 11) is 1.32. The number of esters is 1. The molecule has 0 saturated carbocycles. The molecule has 0 spiro atoms. The highest BCUT2D eigenvalue weighted by molar-refractivity contribution is 8.01. The zero-order chi connectivity index (χ0) is 18.1. The van der Waals surface area contributed by atoms with Gasteiger partial charge in [-0.15, -0.1) is 10.2 Å². The molecule has 0 saturated heterocycles. The number of ether oxygens (including phenoxy) is 2. The molecule has 0 fully saturated rings. The molecule has 0 bridgehead atoms. The van der Waals surface area contributed by atoms with Gasteiger partial charge in [0.2, 0.25) is 11.0 Å². The van der Waals surface area contributed by atoms with Crippen molar-refractivity contribution in [3.63, 3.8) is 0 Å². The summed E-state index contributed by atoms with van der Waals surface area (Å²) in [5.41, 5.74) is 0. The number of rotatable bonds is 9. The predicted molar refractivity (Wildman–Crippen MR) is 97.5 cm³/mol. The average Bonchev–Trinajstić information content (AvgIpc) is 3.05. The van der Waals surface area contributed by atoms with Crippen LogP contribution in [-0.2, 0) is 14.3 Å². The molecule has 0 aliphatic carbocycles. The van der Waals surface area contributed by atoms with Crippen LogP contribution in [0.1, 0.15) is 12.8 Å². The van der Waals surface area contributed by atoms with Gasteiger partial charge < -0.3 is 14.8 Å². The summed E-state index contributed by atoms with van der Waals surface area (Å²) in [5, 5.41) is 11.5. The van der Waals surface area contributed by atoms with E-state index in [1.165, 1.54) is 30.2 Å². The Bertz CT molecular complexity index is 709. The van der Waals surface area contributed by atoms with Crippen molar-refractivity contribution in [1.29, 1.82) is 0 Å². The molecule has 1 amide bonds. The van der Waals surface area contributed by atoms with E-state index in [2.05, 4.69) is 20.3 Å². The molecule has 2 rings (SSSR count). The number of amides is 1. The number of aromatic nitrogens is 2. The van der Waals surface area contributed by atoms with E-state index in [9.17, 15) is 9.59 Å². The smallest absolute Gasteiger partial charge is 0.316 e. The van der Waals surface area contributed by atoms with Gasteiger partial charge in [-0.2, -0.15) is 0 Å². The van der Waals surface area contributed by atoms with E-state index >= 15 is 0 Å². The fraction of sp³-hybridized carbons (Fsp3) is 0.333. The molecule has 1 aromatic carbocycles. The van der Waals surface area contributed by atoms with Crippen LogP contribution in [0.5, 0.6) is 5.75 Å². The van der Waals surface area contributed by atoms with Gasteiger partial charge in [0.25, 0.3) is 0 Å². The Morgan fingerprint density at radius 2 is 2.04 bits per heavy atom. The van der Waals surface area contributed by atoms with Crippen molar-refractivity contribution in [2.24, 2.45) is 0 Å². The van der Waals surface area contributed by atoms with E-state index in [1.54, 1.807) is 24.3 Å². The topological polar surface area (TPSA) is 90.4 Å². The van der Waals surface area contributed by atoms with Crippen LogP contribution in [-0.4, -0.2) is 41.5 Å². The van der Waals surface area contributed by atoms with Crippen molar-refractivity contribution in [3.8, 4) is 5.75 Å². The quantitative estimate of drug-likeness (QED) is 0.298. The number of benzene rings is 1. The van der Waals surface area contributed by atoms with Crippen molar-refractivity contribution < 1.29 is 19.1 Å². The molecule has 0 aliphatic rings. The molecule has 1 heterocycles. The van der Waals surface area contributed by atoms with E-state index in [0.717, 1.165) is 0 Å². The second-order valence-corrected chi connectivity index (χ2v) is 7.33. The number of thioether (sulfide) groups is 1. The predicted octanol–water partition coefficient (Wildman–Crippen LogP) is 3.25. The van der Waals surface area contributed by atoms with Crippen molar-refractivity contribution in [2.75, 3.05) is 24.8 Å². The van der Waals surface area contributed by atoms with Gasteiger partial charge in [-0.1, -0.05) is 34.7 Å². The molecule has 10 heteroatoms. The standard InChI is InChI=1S/C15H16ClN3O4S2/c1-22-13(21)9-24-15-19-18-14(25-15)17-12(20)3-2-8-23-11-6-4-10(16)5-7-11/h4-7H,2-3,8-9H2,1H3,(H,17,18,20). The lowest BCUT2D eigenvalue weighted by atomic mass is 10.3. The second kappa shape index (κ2) is 10.2. The highest BCUT2D eigenvalue weighted by Gasteiger charge is 2.10. The minimum absolute atomic E-state index is 0.154. The molecule has 2 aromatic rings. The maximum absolute atomic E-state index is 11.9. The summed E-state index contributed by atoms with van der Waals surface area (Å²) in [4.78, 5) is 22.9. The van der Waals surface area contributed by atoms with Crippen molar-refractivity contribution in [3.05, 3.63) is 29.3 Å². The number of halogens is 1. The Balaban J connectivity index is 1.65. The van der Waals surface area contributed by atoms with Crippen LogP contribution in [0.15, 0.2) is 28.6 Å². The number of methoxy groups -OCH3 is 1. The van der Waals surface area contributed by atoms with Crippen molar-refractivity contribution in [1.82, 2.24) is 10.2 Å². The molecule has 1 aromatic heterocycles. The van der Waals surface area contributed by atoms with Crippen LogP contribution in [0.2, 0.25) is 5.02 Å². The Morgan fingerprint density at radius 3 is 2.76 bits per heavy atom. The number of hydrogen-bond acceptors (Lipinski definition) is 8. The molecule has 0 aliphatic heterocycles. The van der Waals surface area contributed by atoms with E-state index in [0.29, 0.717) is 39.7 Å². The Kier molecular flexibility index (Phi) is 7.96. The Hall–Kier alpha value is -1.84. The van der Waals surface area contributed by atoms with Crippen LogP contribution < -0.4 is 10.1 Å². The van der Waals surface area contributed by atoms with Gasteiger partial charge in [0.15, 0.2) is 4.34 Å². The van der Waals surface area contributed by atoms with E-state index in [1.807, 2.05) is 0 Å². The summed E-state index contributed by atoms with van der Waals surface area (Å²) in [6, 6.07) is 7.04. The van der Waals surface area contributed by atoms with Crippen LogP contribution in [0.25, 0.3) is 0 Å². The molecule has 0 atom stereocenters. The first-order valence-corrected chi connectivity index (χ1v) is 9.46. The summed E-state index contributed by atoms with van der Waals surface area (Å²) < 4.78 is 10.7. The van der Waals surface area contributed by atoms with Gasteiger partial charge in [0.1, 0.15) is 5.75 Å². The largest absolute Gasteiger partial charge is 0.494 e. The molecule has 134 valence electrons. The zero-order valence-corrected chi connectivity index (χ0v) is 15.7. The third kappa shape index (κ3) is 7.29. The maximum Gasteiger partial charge on any atom is 0.316 e. The molecule has 25 heavy (non-hydrogen) atoms. The van der Waals surface area contributed by atoms with Crippen molar-refractivity contribution >= 4 is 51.7 Å². The van der Waals surface area contributed by atoms with E-state index in [4.69, 9.17) is 16.3 Å². The van der Waals surface area contributed by atoms with Crippen molar-refractivity contribution in [2.45, 2.75) is 17.2 Å². The van der Waals surface area contributed by atoms with Gasteiger partial charge in [-0.25, -0.2) is 0 Å². The molecule has 7 nitrogen and oxygen atoms in total. The number of hydrogen-bond donors (Lipinski definition) is 1. The van der Waals surface area contributed by atoms with Gasteiger partial charge >= 0.3 is 5.97 Å². The van der Waals surface area contributed by atoms with Gasteiger partial charge in [0.05, 0.1) is 19.5 Å². The first-order chi connectivity index (χ1) is 12.1. The molecular formula is C15H16ClN3O4S2. The molecule has 1 N–H and O–H groups in total. The fourth-order valence-electron chi connectivity index (χ4n) is 1.63. The number of anilines is 1. The highest BCUT2D eigenvalue weighted by atomic mass is 35.5. The lowest BCUT2D eigenvalue weighted by molar-refractivity contribution is -0.137. The SMILES string of the molecule is COC(=O)CSc1nnc(NC(=O)CCCOc2ccc(Cl)cc2)s1. The summed E-state index contributed by atoms with van der Waals surface area (Å²) in [5.74, 6) is 0.356. The Labute approximate surface area is 158 Å². The summed E-state index contributed by atoms with van der Waals surface area (Å²) in [6.07, 6.45) is 0.870. The van der Waals surface area contributed by atoms with Crippen LogP contribution in [0, 0.1) is 0 Å². The Morgan fingerprint density at radius 1 is 1.28 bits per heavy atom. The van der Waals surface area contributed by atoms with E-state index < -0.39 is 0 Å². The minimum atomic E-state index is -0.341. The minimum Gasteiger partial charge on any atom is -0.494 e. The third-order valence-corrected chi connectivity index (χ3v) is 5.02. The van der Waals surface area contributed by atoms with Gasteiger partial charge in [0, 0.05) is 11.4 Å². The number of nitrogens with zero attached hydrogens (tertiary/aromatic N) is 2. The number of carbonyl (C=O) groups excluding carboxylic acids is 2. The number of carbonyl (C=O) groups is 2. The zero-order valence-electron chi connectivity index (χ0n) is 13.4. The van der Waals surface area contributed by atoms with E-state index in [-0.39, 0.29) is 17.6 Å². The van der Waals surface area contributed by atoms with Crippen LogP contribution in [0.4, 0.5) is 5.13 Å². The fourth-order valence-corrected chi connectivity index (χ4v) is 3.36. The lowest BCUT2D eigenvalue weighted by Crippen LogP contribution is -2.12. The summed E-state index contributed by atoms with van der Waals surface area (Å²) >= 11 is 8.21. The molecule has 0 radical (unpaired) electrons. The monoisotopic (exact) mass is 401 g/mol.